The molecule has 13 nitrogen and oxygen atoms in total. The summed E-state index contributed by atoms with van der Waals surface area (Å²) in [4.78, 5) is 58.1. The van der Waals surface area contributed by atoms with E-state index in [1.165, 1.54) is 7.11 Å². The predicted octanol–water partition coefficient (Wildman–Crippen LogP) is 3.75. The van der Waals surface area contributed by atoms with Gasteiger partial charge in [-0.1, -0.05) is 36.4 Å². The van der Waals surface area contributed by atoms with E-state index in [0.29, 0.717) is 46.7 Å². The van der Waals surface area contributed by atoms with Crippen LogP contribution in [-0.4, -0.2) is 114 Å². The van der Waals surface area contributed by atoms with E-state index in [2.05, 4.69) is 21.8 Å². The van der Waals surface area contributed by atoms with Crippen LogP contribution in [0, 0.1) is 0 Å². The number of benzene rings is 3. The van der Waals surface area contributed by atoms with Crippen LogP contribution in [0.3, 0.4) is 0 Å². The van der Waals surface area contributed by atoms with Gasteiger partial charge in [-0.15, -0.1) is 0 Å². The number of aromatic hydroxyl groups is 1. The average molecular weight is 656 g/mol. The molecule has 1 aromatic heterocycles. The number of aliphatic carboxylic acids is 2. The number of aromatic amines is 1. The van der Waals surface area contributed by atoms with E-state index in [4.69, 9.17) is 19.9 Å². The van der Waals surface area contributed by atoms with Gasteiger partial charge < -0.3 is 34.8 Å². The first kappa shape index (κ1) is 35.1. The Morgan fingerprint density at radius 1 is 0.896 bits per heavy atom. The smallest absolute Gasteiger partial charge is 0.337 e. The molecular formula is C35H37N5O8. The van der Waals surface area contributed by atoms with Crippen LogP contribution < -0.4 is 4.90 Å². The Morgan fingerprint density at radius 3 is 2.10 bits per heavy atom. The van der Waals surface area contributed by atoms with Gasteiger partial charge in [0.05, 0.1) is 36.2 Å². The zero-order valence-corrected chi connectivity index (χ0v) is 26.8. The molecule has 0 spiro atoms. The summed E-state index contributed by atoms with van der Waals surface area (Å²) in [5, 5.41) is 27.3. The van der Waals surface area contributed by atoms with Crippen molar-refractivity contribution < 1.29 is 39.2 Å². The summed E-state index contributed by atoms with van der Waals surface area (Å²) in [6.45, 7) is 4.09. The van der Waals surface area contributed by atoms with Gasteiger partial charge in [-0.25, -0.2) is 19.4 Å². The predicted molar refractivity (Wildman–Crippen MR) is 181 cm³/mol. The number of carbonyl (C=O) groups is 4. The monoisotopic (exact) mass is 655 g/mol. The first-order valence-electron chi connectivity index (χ1n) is 15.0. The van der Waals surface area contributed by atoms with Gasteiger partial charge in [0.25, 0.3) is 0 Å². The second-order valence-electron chi connectivity index (χ2n) is 11.0. The number of amides is 1. The lowest BCUT2D eigenvalue weighted by Crippen LogP contribution is -2.48. The van der Waals surface area contributed by atoms with E-state index in [9.17, 15) is 24.3 Å². The highest BCUT2D eigenvalue weighted by molar-refractivity contribution is 6.22. The molecule has 1 amide bonds. The minimum Gasteiger partial charge on any atom is -0.494 e. The Bertz CT molecular complexity index is 1810. The molecule has 5 rings (SSSR count). The lowest BCUT2D eigenvalue weighted by atomic mass is 10.00. The van der Waals surface area contributed by atoms with Crippen molar-refractivity contribution in [3.63, 3.8) is 0 Å². The van der Waals surface area contributed by atoms with E-state index in [1.807, 2.05) is 54.6 Å². The minimum absolute atomic E-state index is 0.0424. The van der Waals surface area contributed by atoms with Crippen LogP contribution in [0.5, 0.6) is 5.88 Å². The second-order valence-corrected chi connectivity index (χ2v) is 11.0. The van der Waals surface area contributed by atoms with Crippen LogP contribution in [0.1, 0.15) is 21.5 Å². The summed E-state index contributed by atoms with van der Waals surface area (Å²) < 4.78 is 4.83. The summed E-state index contributed by atoms with van der Waals surface area (Å²) in [6, 6.07) is 22.2. The Balaban J connectivity index is 0.000000579. The third-order valence-corrected chi connectivity index (χ3v) is 7.66. The molecule has 0 unspecified atom stereocenters. The van der Waals surface area contributed by atoms with E-state index >= 15 is 0 Å². The summed E-state index contributed by atoms with van der Waals surface area (Å²) in [5.41, 5.74) is 4.34. The number of hydrogen-bond acceptors (Lipinski definition) is 9. The van der Waals surface area contributed by atoms with Crippen LogP contribution in [0.4, 0.5) is 11.4 Å². The number of esters is 1. The quantitative estimate of drug-likeness (QED) is 0.118. The lowest BCUT2D eigenvalue weighted by Gasteiger charge is -2.32. The maximum atomic E-state index is 12.9. The number of H-pyrrole nitrogens is 1. The number of fused-ring (bicyclic) bond motifs is 1. The van der Waals surface area contributed by atoms with E-state index in [0.717, 1.165) is 42.8 Å². The van der Waals surface area contributed by atoms with Gasteiger partial charge in [0.1, 0.15) is 0 Å². The molecule has 250 valence electrons. The highest BCUT2D eigenvalue weighted by Gasteiger charge is 2.21. The fourth-order valence-corrected chi connectivity index (χ4v) is 5.00. The van der Waals surface area contributed by atoms with Crippen molar-refractivity contribution in [1.29, 1.82) is 0 Å². The lowest BCUT2D eigenvalue weighted by molar-refractivity contribution is -0.134. The number of methoxy groups -OCH3 is 1. The highest BCUT2D eigenvalue weighted by Crippen LogP contribution is 2.32. The van der Waals surface area contributed by atoms with Crippen molar-refractivity contribution in [2.45, 2.75) is 0 Å². The summed E-state index contributed by atoms with van der Waals surface area (Å²) >= 11 is 0. The molecule has 4 N–H and O–H groups in total. The molecular weight excluding hydrogens is 618 g/mol. The van der Waals surface area contributed by atoms with Crippen molar-refractivity contribution in [3.8, 4) is 5.88 Å². The van der Waals surface area contributed by atoms with Crippen LogP contribution >= 0.6 is 0 Å². The number of nitrogens with zero attached hydrogens (tertiary/aromatic N) is 4. The van der Waals surface area contributed by atoms with Crippen molar-refractivity contribution in [2.24, 2.45) is 4.99 Å². The Morgan fingerprint density at radius 2 is 1.52 bits per heavy atom. The molecule has 0 atom stereocenters. The molecule has 1 aliphatic rings. The maximum Gasteiger partial charge on any atom is 0.337 e. The highest BCUT2D eigenvalue weighted by atomic mass is 16.5. The topological polar surface area (TPSA) is 176 Å². The molecule has 2 heterocycles. The Kier molecular flexibility index (Phi) is 11.8. The summed E-state index contributed by atoms with van der Waals surface area (Å²) in [5.74, 6) is -2.98. The van der Waals surface area contributed by atoms with Crippen molar-refractivity contribution >= 4 is 51.8 Å². The second kappa shape index (κ2) is 16.2. The number of hydrogen-bond donors (Lipinski definition) is 4. The standard InChI is InChI=1S/C31H33N5O4.C4H4O4/c1-34-15-17-36(18-16-34)20-27(37)35(2)24-12-10-23(11-13-24)32-29(21-7-5-4-6-8-21)28-25-14-9-22(31(39)40-3)19-26(25)33-30(28)38;5-3(6)1-2-4(7)8/h4-14,19,33,38H,15-18,20H2,1-3H3;1-2H,(H,5,6)(H,7,8)/b;2-1+. The molecule has 1 fully saturated rings. The molecule has 0 aliphatic carbocycles. The number of piperazine rings is 1. The van der Waals surface area contributed by atoms with E-state index < -0.39 is 17.9 Å². The first-order valence-corrected chi connectivity index (χ1v) is 15.0. The number of anilines is 1. The molecule has 48 heavy (non-hydrogen) atoms. The van der Waals surface area contributed by atoms with Gasteiger partial charge in [0, 0.05) is 67.5 Å². The van der Waals surface area contributed by atoms with Gasteiger partial charge in [0.2, 0.25) is 5.91 Å². The maximum absolute atomic E-state index is 12.9. The van der Waals surface area contributed by atoms with Crippen LogP contribution in [0.25, 0.3) is 10.9 Å². The zero-order valence-electron chi connectivity index (χ0n) is 26.8. The molecule has 0 bridgehead atoms. The fourth-order valence-electron chi connectivity index (χ4n) is 5.00. The first-order chi connectivity index (χ1) is 23.0. The van der Waals surface area contributed by atoms with E-state index in [1.54, 1.807) is 30.1 Å². The number of ether oxygens (including phenoxy) is 1. The average Bonchev–Trinajstić information content (AvgIpc) is 3.42. The molecule has 1 aliphatic heterocycles. The molecule has 3 aromatic carbocycles. The summed E-state index contributed by atoms with van der Waals surface area (Å²) in [6.07, 6.45) is 1.12. The zero-order chi connectivity index (χ0) is 34.8. The van der Waals surface area contributed by atoms with Crippen LogP contribution in [-0.2, 0) is 19.1 Å². The SMILES string of the molecule is COC(=O)c1ccc2c(C(=Nc3ccc(N(C)C(=O)CN4CCN(C)CC4)cc3)c3ccccc3)c(O)[nH]c2c1.O=C(O)/C=C/C(=O)O. The normalized spacial score (nSPS) is 13.9. The Labute approximate surface area is 277 Å². The van der Waals surface area contributed by atoms with Gasteiger partial charge >= 0.3 is 17.9 Å². The van der Waals surface area contributed by atoms with Gasteiger partial charge in [-0.2, -0.15) is 0 Å². The van der Waals surface area contributed by atoms with Crippen molar-refractivity contribution in [1.82, 2.24) is 14.8 Å². The largest absolute Gasteiger partial charge is 0.494 e. The number of likely N-dealkylation sites (N-methyl/N-ethyl adjacent to an activating group) is 2. The number of carboxylic acid groups (broad SMARTS) is 2. The number of aromatic nitrogens is 1. The van der Waals surface area contributed by atoms with Crippen molar-refractivity contribution in [2.75, 3.05) is 58.8 Å². The summed E-state index contributed by atoms with van der Waals surface area (Å²) in [7, 11) is 5.22. The number of carboxylic acids is 2. The fraction of sp³-hybridized carbons (Fsp3) is 0.229. The third kappa shape index (κ3) is 9.15. The van der Waals surface area contributed by atoms with Gasteiger partial charge in [0.15, 0.2) is 5.88 Å². The molecule has 0 radical (unpaired) electrons. The molecule has 0 saturated carbocycles. The molecule has 4 aromatic rings. The number of nitrogens with one attached hydrogen (secondary N) is 1. The third-order valence-electron chi connectivity index (χ3n) is 7.66. The minimum atomic E-state index is -1.26. The van der Waals surface area contributed by atoms with Gasteiger partial charge in [-0.05, 0) is 43.4 Å². The number of rotatable bonds is 9. The molecule has 13 heteroatoms. The van der Waals surface area contributed by atoms with Crippen LogP contribution in [0.15, 0.2) is 89.9 Å². The van der Waals surface area contributed by atoms with Crippen LogP contribution in [0.2, 0.25) is 0 Å². The molecule has 1 saturated heterocycles. The van der Waals surface area contributed by atoms with Gasteiger partial charge in [-0.3, -0.25) is 9.69 Å². The van der Waals surface area contributed by atoms with Crippen molar-refractivity contribution in [3.05, 3.63) is 102 Å². The number of aliphatic imine (C=N–C) groups is 1. The Hall–Kier alpha value is -5.79. The number of carbonyl (C=O) groups excluding carboxylic acids is 2. The van der Waals surface area contributed by atoms with E-state index in [-0.39, 0.29) is 11.8 Å².